The van der Waals surface area contributed by atoms with Crippen molar-refractivity contribution in [1.82, 2.24) is 30.4 Å². The van der Waals surface area contributed by atoms with Crippen molar-refractivity contribution in [2.75, 3.05) is 0 Å². The minimum absolute atomic E-state index is 0.145. The van der Waals surface area contributed by atoms with E-state index in [9.17, 15) is 9.59 Å². The largest absolute Gasteiger partial charge is 0.340 e. The van der Waals surface area contributed by atoms with Crippen molar-refractivity contribution in [3.63, 3.8) is 0 Å². The van der Waals surface area contributed by atoms with Crippen LogP contribution in [0.2, 0.25) is 0 Å². The monoisotopic (exact) mass is 280 g/mol. The highest BCUT2D eigenvalue weighted by Gasteiger charge is 2.51. The molecule has 0 saturated carbocycles. The van der Waals surface area contributed by atoms with E-state index in [1.54, 1.807) is 32.7 Å². The van der Waals surface area contributed by atoms with E-state index in [2.05, 4.69) is 20.7 Å². The van der Waals surface area contributed by atoms with Gasteiger partial charge in [-0.1, -0.05) is 6.92 Å². The van der Waals surface area contributed by atoms with Crippen molar-refractivity contribution in [1.29, 1.82) is 0 Å². The molecule has 1 N–H and O–H groups in total. The molecule has 2 heterocycles. The molecule has 8 heteroatoms. The maximum absolute atomic E-state index is 12.6. The molecule has 1 fully saturated rings. The molecule has 0 radical (unpaired) electrons. The van der Waals surface area contributed by atoms with Gasteiger partial charge >= 0.3 is 0 Å². The van der Waals surface area contributed by atoms with Gasteiger partial charge in [-0.3, -0.25) is 9.59 Å². The predicted octanol–water partition coefficient (Wildman–Crippen LogP) is -0.384. The first-order valence-corrected chi connectivity index (χ1v) is 6.58. The fraction of sp³-hybridized carbons (Fsp3) is 0.750. The molecule has 2 rings (SSSR count). The summed E-state index contributed by atoms with van der Waals surface area (Å²) >= 11 is 0. The number of hydrogen-bond donors (Lipinski definition) is 1. The van der Waals surface area contributed by atoms with E-state index in [0.29, 0.717) is 12.2 Å². The minimum atomic E-state index is -0.923. The Morgan fingerprint density at radius 1 is 1.25 bits per heavy atom. The van der Waals surface area contributed by atoms with Gasteiger partial charge in [0.15, 0.2) is 5.82 Å². The molecule has 0 aromatic carbocycles. The van der Waals surface area contributed by atoms with Crippen molar-refractivity contribution in [2.24, 2.45) is 7.05 Å². The number of nitrogens with one attached hydrogen (secondary N) is 1. The summed E-state index contributed by atoms with van der Waals surface area (Å²) in [4.78, 5) is 27.8. The van der Waals surface area contributed by atoms with E-state index < -0.39 is 11.1 Å². The molecule has 1 unspecified atom stereocenters. The van der Waals surface area contributed by atoms with Gasteiger partial charge in [0.25, 0.3) is 0 Å². The van der Waals surface area contributed by atoms with Gasteiger partial charge in [0, 0.05) is 0 Å². The third-order valence-electron chi connectivity index (χ3n) is 3.83. The van der Waals surface area contributed by atoms with Crippen LogP contribution >= 0.6 is 0 Å². The van der Waals surface area contributed by atoms with Crippen LogP contribution in [0.15, 0.2) is 0 Å². The van der Waals surface area contributed by atoms with Crippen molar-refractivity contribution in [3.05, 3.63) is 5.82 Å². The van der Waals surface area contributed by atoms with Crippen molar-refractivity contribution >= 4 is 11.8 Å². The van der Waals surface area contributed by atoms with Crippen LogP contribution in [-0.4, -0.2) is 48.0 Å². The van der Waals surface area contributed by atoms with E-state index in [1.165, 1.54) is 4.80 Å². The number of aryl methyl sites for hydroxylation is 1. The number of rotatable bonds is 3. The lowest BCUT2D eigenvalue weighted by Crippen LogP contribution is -2.72. The summed E-state index contributed by atoms with van der Waals surface area (Å²) in [5.41, 5.74) is -1.82. The molecule has 20 heavy (non-hydrogen) atoms. The van der Waals surface area contributed by atoms with Gasteiger partial charge in [0.2, 0.25) is 11.8 Å². The van der Waals surface area contributed by atoms with E-state index in [4.69, 9.17) is 0 Å². The van der Waals surface area contributed by atoms with Gasteiger partial charge in [-0.05, 0) is 32.4 Å². The van der Waals surface area contributed by atoms with Crippen molar-refractivity contribution < 1.29 is 9.59 Å². The van der Waals surface area contributed by atoms with Gasteiger partial charge in [0.1, 0.15) is 11.1 Å². The lowest BCUT2D eigenvalue weighted by molar-refractivity contribution is -0.162. The van der Waals surface area contributed by atoms with Crippen LogP contribution in [0.4, 0.5) is 0 Å². The number of tetrazole rings is 1. The van der Waals surface area contributed by atoms with Gasteiger partial charge in [-0.25, -0.2) is 0 Å². The van der Waals surface area contributed by atoms with E-state index >= 15 is 0 Å². The molecular formula is C12H20N6O2. The molecule has 1 atom stereocenters. The van der Waals surface area contributed by atoms with Gasteiger partial charge in [0.05, 0.1) is 13.6 Å². The Morgan fingerprint density at radius 2 is 1.90 bits per heavy atom. The van der Waals surface area contributed by atoms with E-state index in [-0.39, 0.29) is 18.4 Å². The van der Waals surface area contributed by atoms with Gasteiger partial charge in [-0.15, -0.1) is 10.2 Å². The summed E-state index contributed by atoms with van der Waals surface area (Å²) in [6.45, 7) is 7.20. The van der Waals surface area contributed by atoms with Crippen LogP contribution in [0.25, 0.3) is 0 Å². The SMILES string of the molecule is CCC1(C)C(=O)NC(C)(C)C(=O)N1Cc1nnn(C)n1. The Kier molecular flexibility index (Phi) is 3.27. The molecule has 0 aliphatic carbocycles. The maximum Gasteiger partial charge on any atom is 0.249 e. The normalized spacial score (nSPS) is 25.8. The quantitative estimate of drug-likeness (QED) is 0.814. The number of carbonyl (C=O) groups excluding carboxylic acids is 2. The second-order valence-electron chi connectivity index (χ2n) is 5.79. The van der Waals surface area contributed by atoms with Crippen LogP contribution in [0.1, 0.15) is 39.9 Å². The Balaban J connectivity index is 2.38. The topological polar surface area (TPSA) is 93.0 Å². The molecule has 2 amide bonds. The predicted molar refractivity (Wildman–Crippen MR) is 70.3 cm³/mol. The summed E-state index contributed by atoms with van der Waals surface area (Å²) in [5, 5.41) is 14.5. The van der Waals surface area contributed by atoms with Gasteiger partial charge < -0.3 is 10.2 Å². The molecule has 110 valence electrons. The first-order valence-electron chi connectivity index (χ1n) is 6.58. The van der Waals surface area contributed by atoms with Crippen LogP contribution in [0, 0.1) is 0 Å². The molecule has 1 saturated heterocycles. The summed E-state index contributed by atoms with van der Waals surface area (Å²) in [6, 6.07) is 0. The van der Waals surface area contributed by atoms with Gasteiger partial charge in [-0.2, -0.15) is 4.80 Å². The minimum Gasteiger partial charge on any atom is -0.340 e. The smallest absolute Gasteiger partial charge is 0.249 e. The zero-order valence-corrected chi connectivity index (χ0v) is 12.5. The summed E-state index contributed by atoms with van der Waals surface area (Å²) in [7, 11) is 1.66. The summed E-state index contributed by atoms with van der Waals surface area (Å²) in [6.07, 6.45) is 0.515. The molecule has 1 aromatic heterocycles. The van der Waals surface area contributed by atoms with E-state index in [1.807, 2.05) is 6.92 Å². The Hall–Kier alpha value is -1.99. The summed E-state index contributed by atoms with van der Waals surface area (Å²) < 4.78 is 0. The van der Waals surface area contributed by atoms with E-state index in [0.717, 1.165) is 0 Å². The first kappa shape index (κ1) is 14.4. The third kappa shape index (κ3) is 2.14. The van der Waals surface area contributed by atoms with Crippen LogP contribution < -0.4 is 5.32 Å². The number of piperazine rings is 1. The zero-order chi connectivity index (χ0) is 15.1. The lowest BCUT2D eigenvalue weighted by atomic mass is 9.86. The average molecular weight is 280 g/mol. The zero-order valence-electron chi connectivity index (χ0n) is 12.5. The molecular weight excluding hydrogens is 260 g/mol. The molecule has 0 bridgehead atoms. The number of hydrogen-bond acceptors (Lipinski definition) is 5. The number of carbonyl (C=O) groups is 2. The first-order chi connectivity index (χ1) is 9.20. The highest BCUT2D eigenvalue weighted by atomic mass is 16.2. The average Bonchev–Trinajstić information content (AvgIpc) is 2.77. The highest BCUT2D eigenvalue weighted by molar-refractivity contribution is 6.01. The number of aromatic nitrogens is 4. The number of nitrogens with zero attached hydrogens (tertiary/aromatic N) is 5. The fourth-order valence-electron chi connectivity index (χ4n) is 2.28. The van der Waals surface area contributed by atoms with Crippen LogP contribution in [0.5, 0.6) is 0 Å². The third-order valence-corrected chi connectivity index (χ3v) is 3.83. The van der Waals surface area contributed by atoms with Crippen molar-refractivity contribution in [2.45, 2.75) is 51.7 Å². The second-order valence-corrected chi connectivity index (χ2v) is 5.79. The van der Waals surface area contributed by atoms with Crippen molar-refractivity contribution in [3.8, 4) is 0 Å². The molecule has 1 aromatic rings. The fourth-order valence-corrected chi connectivity index (χ4v) is 2.28. The molecule has 1 aliphatic rings. The lowest BCUT2D eigenvalue weighted by Gasteiger charge is -2.48. The van der Waals surface area contributed by atoms with Crippen LogP contribution in [0.3, 0.4) is 0 Å². The summed E-state index contributed by atoms with van der Waals surface area (Å²) in [5.74, 6) is 0.119. The molecule has 0 spiro atoms. The Bertz CT molecular complexity index is 552. The molecule has 1 aliphatic heterocycles. The number of amides is 2. The Labute approximate surface area is 117 Å². The molecule has 8 nitrogen and oxygen atoms in total. The van der Waals surface area contributed by atoms with Crippen LogP contribution in [-0.2, 0) is 23.2 Å². The maximum atomic E-state index is 12.6. The highest BCUT2D eigenvalue weighted by Crippen LogP contribution is 2.29. The Morgan fingerprint density at radius 3 is 2.40 bits per heavy atom. The standard InChI is InChI=1S/C12H20N6O2/c1-6-12(4)9(19)13-11(2,3)10(20)18(12)7-8-14-16-17(5)15-8/h6-7H2,1-5H3,(H,13,19). The second kappa shape index (κ2) is 4.53.